The third kappa shape index (κ3) is 3.11. The minimum atomic E-state index is -0.519. The predicted molar refractivity (Wildman–Crippen MR) is 58.6 cm³/mol. The van der Waals surface area contributed by atoms with E-state index in [9.17, 15) is 9.59 Å². The monoisotopic (exact) mass is 224 g/mol. The molecule has 1 aromatic carbocycles. The second-order valence-corrected chi connectivity index (χ2v) is 3.26. The molecular weight excluding hydrogens is 216 g/mol. The number of halogens is 1. The summed E-state index contributed by atoms with van der Waals surface area (Å²) >= 11 is 5.38. The Bertz CT molecular complexity index is 412. The van der Waals surface area contributed by atoms with Crippen LogP contribution in [0, 0.1) is 0 Å². The van der Waals surface area contributed by atoms with Gasteiger partial charge < -0.3 is 11.1 Å². The van der Waals surface area contributed by atoms with Gasteiger partial charge >= 0.3 is 0 Å². The van der Waals surface area contributed by atoms with Gasteiger partial charge in [0.1, 0.15) is 0 Å². The van der Waals surface area contributed by atoms with E-state index in [0.717, 1.165) is 0 Å². The van der Waals surface area contributed by atoms with E-state index in [4.69, 9.17) is 17.3 Å². The van der Waals surface area contributed by atoms with Gasteiger partial charge in [0, 0.05) is 11.3 Å². The van der Waals surface area contributed by atoms with Crippen molar-refractivity contribution in [1.82, 2.24) is 0 Å². The van der Waals surface area contributed by atoms with E-state index in [2.05, 4.69) is 11.9 Å². The van der Waals surface area contributed by atoms with Crippen LogP contribution in [0.25, 0.3) is 0 Å². The fourth-order valence-electron chi connectivity index (χ4n) is 0.917. The van der Waals surface area contributed by atoms with Gasteiger partial charge in [-0.1, -0.05) is 18.2 Å². The topological polar surface area (TPSA) is 72.2 Å². The van der Waals surface area contributed by atoms with Crippen LogP contribution in [0.4, 0.5) is 5.69 Å². The Morgan fingerprint density at radius 2 is 1.80 bits per heavy atom. The zero-order chi connectivity index (χ0) is 11.4. The first-order valence-corrected chi connectivity index (χ1v) is 4.44. The zero-order valence-electron chi connectivity index (χ0n) is 7.79. The molecule has 0 saturated heterocycles. The molecule has 0 aromatic heterocycles. The molecule has 0 unspecified atom stereocenters. The molecule has 0 heterocycles. The molecule has 0 spiro atoms. The quantitative estimate of drug-likeness (QED) is 0.764. The average Bonchev–Trinajstić information content (AvgIpc) is 2.18. The fraction of sp³-hybridized carbons (Fsp3) is 0. The smallest absolute Gasteiger partial charge is 0.266 e. The van der Waals surface area contributed by atoms with E-state index in [-0.39, 0.29) is 5.03 Å². The first-order valence-electron chi connectivity index (χ1n) is 4.06. The summed E-state index contributed by atoms with van der Waals surface area (Å²) in [7, 11) is 0. The van der Waals surface area contributed by atoms with Crippen LogP contribution in [0.2, 0.25) is 0 Å². The minimum absolute atomic E-state index is 0.103. The van der Waals surface area contributed by atoms with Crippen LogP contribution >= 0.6 is 11.6 Å². The lowest BCUT2D eigenvalue weighted by Crippen LogP contribution is -2.12. The van der Waals surface area contributed by atoms with E-state index < -0.39 is 11.8 Å². The Kier molecular flexibility index (Phi) is 3.46. The Morgan fingerprint density at radius 1 is 1.27 bits per heavy atom. The predicted octanol–water partition coefficient (Wildman–Crippen LogP) is 1.48. The standard InChI is InChI=1S/C10H9ClN2O2/c1-6(11)10(15)13-8-4-2-7(3-5-8)9(12)14/h2-5H,1H2,(H2,12,14)(H,13,15). The molecule has 4 nitrogen and oxygen atoms in total. The summed E-state index contributed by atoms with van der Waals surface area (Å²) < 4.78 is 0. The summed E-state index contributed by atoms with van der Waals surface area (Å²) in [6, 6.07) is 6.12. The number of rotatable bonds is 3. The lowest BCUT2D eigenvalue weighted by atomic mass is 10.2. The number of anilines is 1. The number of nitrogens with two attached hydrogens (primary N) is 1. The van der Waals surface area contributed by atoms with Gasteiger partial charge in [0.2, 0.25) is 5.91 Å². The van der Waals surface area contributed by atoms with Gasteiger partial charge in [-0.05, 0) is 24.3 Å². The highest BCUT2D eigenvalue weighted by Gasteiger charge is 2.05. The first kappa shape index (κ1) is 11.3. The van der Waals surface area contributed by atoms with Crippen molar-refractivity contribution in [3.8, 4) is 0 Å². The van der Waals surface area contributed by atoms with Crippen LogP contribution in [-0.4, -0.2) is 11.8 Å². The second-order valence-electron chi connectivity index (χ2n) is 2.80. The van der Waals surface area contributed by atoms with Crippen molar-refractivity contribution in [3.63, 3.8) is 0 Å². The first-order chi connectivity index (χ1) is 7.00. The Morgan fingerprint density at radius 3 is 2.20 bits per heavy atom. The highest BCUT2D eigenvalue weighted by Crippen LogP contribution is 2.10. The third-order valence-corrected chi connectivity index (χ3v) is 1.85. The number of amides is 2. The molecule has 0 atom stereocenters. The maximum absolute atomic E-state index is 11.1. The van der Waals surface area contributed by atoms with Crippen LogP contribution in [0.15, 0.2) is 35.9 Å². The molecule has 0 radical (unpaired) electrons. The van der Waals surface area contributed by atoms with Gasteiger partial charge in [-0.3, -0.25) is 9.59 Å². The van der Waals surface area contributed by atoms with Crippen LogP contribution in [-0.2, 0) is 4.79 Å². The van der Waals surface area contributed by atoms with E-state index in [1.165, 1.54) is 12.1 Å². The van der Waals surface area contributed by atoms with E-state index >= 15 is 0 Å². The Labute approximate surface area is 91.7 Å². The zero-order valence-corrected chi connectivity index (χ0v) is 8.54. The largest absolute Gasteiger partial charge is 0.366 e. The summed E-state index contributed by atoms with van der Waals surface area (Å²) in [6.07, 6.45) is 0. The molecule has 78 valence electrons. The third-order valence-electron chi connectivity index (χ3n) is 1.67. The SMILES string of the molecule is C=C(Cl)C(=O)Nc1ccc(C(N)=O)cc1. The molecule has 15 heavy (non-hydrogen) atoms. The summed E-state index contributed by atoms with van der Waals surface area (Å²) in [5.41, 5.74) is 5.94. The summed E-state index contributed by atoms with van der Waals surface area (Å²) in [5.74, 6) is -1.00. The molecule has 0 saturated carbocycles. The molecule has 0 aliphatic rings. The van der Waals surface area contributed by atoms with Gasteiger partial charge in [0.05, 0.1) is 5.03 Å². The molecule has 1 aromatic rings. The van der Waals surface area contributed by atoms with E-state index in [0.29, 0.717) is 11.3 Å². The average molecular weight is 225 g/mol. The molecule has 1 rings (SSSR count). The maximum Gasteiger partial charge on any atom is 0.266 e. The molecule has 0 aliphatic carbocycles. The molecular formula is C10H9ClN2O2. The van der Waals surface area contributed by atoms with Crippen molar-refractivity contribution >= 4 is 29.1 Å². The van der Waals surface area contributed by atoms with Crippen molar-refractivity contribution in [1.29, 1.82) is 0 Å². The number of nitrogens with one attached hydrogen (secondary N) is 1. The summed E-state index contributed by atoms with van der Waals surface area (Å²) in [5, 5.41) is 2.38. The molecule has 0 aliphatic heterocycles. The maximum atomic E-state index is 11.1. The lowest BCUT2D eigenvalue weighted by Gasteiger charge is -2.03. The molecule has 0 fully saturated rings. The Balaban J connectivity index is 2.77. The van der Waals surface area contributed by atoms with Gasteiger partial charge in [-0.25, -0.2) is 0 Å². The van der Waals surface area contributed by atoms with Crippen molar-refractivity contribution in [3.05, 3.63) is 41.4 Å². The van der Waals surface area contributed by atoms with Crippen LogP contribution < -0.4 is 11.1 Å². The lowest BCUT2D eigenvalue weighted by molar-refractivity contribution is -0.112. The highest BCUT2D eigenvalue weighted by atomic mass is 35.5. The normalized spacial score (nSPS) is 9.40. The summed E-state index contributed by atoms with van der Waals surface area (Å²) in [6.45, 7) is 3.28. The van der Waals surface area contributed by atoms with E-state index in [1.807, 2.05) is 0 Å². The molecule has 0 bridgehead atoms. The number of primary amides is 1. The van der Waals surface area contributed by atoms with Crippen molar-refractivity contribution in [2.75, 3.05) is 5.32 Å². The number of benzene rings is 1. The number of carbonyl (C=O) groups excluding carboxylic acids is 2. The summed E-state index contributed by atoms with van der Waals surface area (Å²) in [4.78, 5) is 21.8. The Hall–Kier alpha value is -1.81. The van der Waals surface area contributed by atoms with Crippen LogP contribution in [0.1, 0.15) is 10.4 Å². The van der Waals surface area contributed by atoms with Gasteiger partial charge in [-0.2, -0.15) is 0 Å². The van der Waals surface area contributed by atoms with Crippen molar-refractivity contribution < 1.29 is 9.59 Å². The van der Waals surface area contributed by atoms with E-state index in [1.54, 1.807) is 12.1 Å². The molecule has 5 heteroatoms. The van der Waals surface area contributed by atoms with Gasteiger partial charge in [0.15, 0.2) is 0 Å². The fourth-order valence-corrected chi connectivity index (χ4v) is 0.964. The van der Waals surface area contributed by atoms with Gasteiger partial charge in [-0.15, -0.1) is 0 Å². The highest BCUT2D eigenvalue weighted by molar-refractivity contribution is 6.43. The van der Waals surface area contributed by atoms with Crippen molar-refractivity contribution in [2.24, 2.45) is 5.73 Å². The molecule has 2 amide bonds. The minimum Gasteiger partial charge on any atom is -0.366 e. The number of hydrogen-bond donors (Lipinski definition) is 2. The second kappa shape index (κ2) is 4.61. The van der Waals surface area contributed by atoms with Crippen LogP contribution in [0.3, 0.4) is 0 Å². The van der Waals surface area contributed by atoms with Crippen molar-refractivity contribution in [2.45, 2.75) is 0 Å². The van der Waals surface area contributed by atoms with Gasteiger partial charge in [0.25, 0.3) is 5.91 Å². The number of hydrogen-bond acceptors (Lipinski definition) is 2. The molecule has 3 N–H and O–H groups in total. The van der Waals surface area contributed by atoms with Crippen LogP contribution in [0.5, 0.6) is 0 Å². The number of carbonyl (C=O) groups is 2.